The number of para-hydroxylation sites is 3. The fourth-order valence-electron chi connectivity index (χ4n) is 4.75. The Balaban J connectivity index is 1.66. The monoisotopic (exact) mass is 480 g/mol. The molecule has 0 spiro atoms. The molecule has 4 rings (SSSR count). The number of anilines is 1. The Bertz CT molecular complexity index is 1180. The molecule has 2 amide bonds. The molecule has 2 aromatic carbocycles. The van der Waals surface area contributed by atoms with Gasteiger partial charge in [-0.2, -0.15) is 0 Å². The van der Waals surface area contributed by atoms with Crippen LogP contribution in [-0.4, -0.2) is 45.9 Å². The zero-order valence-electron chi connectivity index (χ0n) is 20.4. The van der Waals surface area contributed by atoms with Crippen LogP contribution in [0.2, 0.25) is 5.02 Å². The molecule has 2 heterocycles. The van der Waals surface area contributed by atoms with Crippen LogP contribution < -0.4 is 4.90 Å². The van der Waals surface area contributed by atoms with Crippen LogP contribution in [0.25, 0.3) is 11.0 Å². The summed E-state index contributed by atoms with van der Waals surface area (Å²) in [5.74, 6) is 1.54. The first-order chi connectivity index (χ1) is 16.2. The summed E-state index contributed by atoms with van der Waals surface area (Å²) in [5, 5.41) is 0.554. The number of nitrogens with zero attached hydrogens (tertiary/aromatic N) is 4. The van der Waals surface area contributed by atoms with Gasteiger partial charge in [0.15, 0.2) is 0 Å². The number of aromatic nitrogens is 2. The molecule has 0 saturated carbocycles. The normalized spacial score (nSPS) is 16.3. The number of fused-ring (bicyclic) bond motifs is 1. The first-order valence-corrected chi connectivity index (χ1v) is 12.4. The summed E-state index contributed by atoms with van der Waals surface area (Å²) in [6.07, 6.45) is 0.338. The molecule has 3 aromatic rings. The Morgan fingerprint density at radius 3 is 2.38 bits per heavy atom. The molecule has 1 fully saturated rings. The van der Waals surface area contributed by atoms with E-state index >= 15 is 0 Å². The summed E-state index contributed by atoms with van der Waals surface area (Å²) < 4.78 is 2.01. The van der Waals surface area contributed by atoms with E-state index in [-0.39, 0.29) is 24.3 Å². The average molecular weight is 481 g/mol. The SMILES string of the molecule is CC(C)CN(CC(C)C)C(=O)Cn1c(C2CC(=O)N(c3ccccc3Cl)C2)nc2ccccc21. The summed E-state index contributed by atoms with van der Waals surface area (Å²) in [5.41, 5.74) is 2.48. The van der Waals surface area contributed by atoms with Crippen LogP contribution in [0.5, 0.6) is 0 Å². The first kappa shape index (κ1) is 24.3. The minimum absolute atomic E-state index is 0.0178. The number of carbonyl (C=O) groups excluding carboxylic acids is 2. The number of hydrogen-bond donors (Lipinski definition) is 0. The topological polar surface area (TPSA) is 58.4 Å². The van der Waals surface area contributed by atoms with E-state index in [0.29, 0.717) is 29.8 Å². The van der Waals surface area contributed by atoms with Crippen LogP contribution in [0.3, 0.4) is 0 Å². The van der Waals surface area contributed by atoms with Gasteiger partial charge in [-0.25, -0.2) is 4.98 Å². The maximum absolute atomic E-state index is 13.5. The van der Waals surface area contributed by atoms with Crippen LogP contribution in [-0.2, 0) is 16.1 Å². The van der Waals surface area contributed by atoms with Gasteiger partial charge in [0.1, 0.15) is 12.4 Å². The highest BCUT2D eigenvalue weighted by Gasteiger charge is 2.36. The summed E-state index contributed by atoms with van der Waals surface area (Å²) in [6.45, 7) is 10.7. The standard InChI is InChI=1S/C27H33ClN4O2/c1-18(2)14-30(15-19(3)4)26(34)17-32-24-12-8-6-10-22(24)29-27(32)20-13-25(33)31(16-20)23-11-7-5-9-21(23)28/h5-12,18-20H,13-17H2,1-4H3. The van der Waals surface area contributed by atoms with E-state index < -0.39 is 0 Å². The Morgan fingerprint density at radius 2 is 1.71 bits per heavy atom. The number of halogens is 1. The van der Waals surface area contributed by atoms with Crippen LogP contribution in [0.4, 0.5) is 5.69 Å². The Kier molecular flexibility index (Phi) is 7.27. The van der Waals surface area contributed by atoms with Crippen molar-refractivity contribution in [2.75, 3.05) is 24.5 Å². The molecule has 1 unspecified atom stereocenters. The Hall–Kier alpha value is -2.86. The lowest BCUT2D eigenvalue weighted by Crippen LogP contribution is -2.39. The van der Waals surface area contributed by atoms with E-state index in [0.717, 1.165) is 35.6 Å². The van der Waals surface area contributed by atoms with Gasteiger partial charge in [-0.05, 0) is 36.1 Å². The number of imidazole rings is 1. The van der Waals surface area contributed by atoms with Crippen molar-refractivity contribution in [3.8, 4) is 0 Å². The van der Waals surface area contributed by atoms with Crippen molar-refractivity contribution in [3.63, 3.8) is 0 Å². The smallest absolute Gasteiger partial charge is 0.242 e. The quantitative estimate of drug-likeness (QED) is 0.436. The molecule has 0 aliphatic carbocycles. The van der Waals surface area contributed by atoms with Crippen molar-refractivity contribution < 1.29 is 9.59 Å². The molecule has 7 heteroatoms. The van der Waals surface area contributed by atoms with Gasteiger partial charge in [-0.15, -0.1) is 0 Å². The molecular formula is C27H33ClN4O2. The average Bonchev–Trinajstić information content (AvgIpc) is 3.33. The number of amides is 2. The van der Waals surface area contributed by atoms with Crippen LogP contribution in [0.1, 0.15) is 45.9 Å². The molecule has 1 saturated heterocycles. The molecule has 0 N–H and O–H groups in total. The van der Waals surface area contributed by atoms with Gasteiger partial charge in [0.05, 0.1) is 21.7 Å². The van der Waals surface area contributed by atoms with E-state index in [2.05, 4.69) is 27.7 Å². The fourth-order valence-corrected chi connectivity index (χ4v) is 4.99. The zero-order chi connectivity index (χ0) is 24.4. The van der Waals surface area contributed by atoms with Crippen LogP contribution in [0.15, 0.2) is 48.5 Å². The molecule has 6 nitrogen and oxygen atoms in total. The summed E-state index contributed by atoms with van der Waals surface area (Å²) in [7, 11) is 0. The largest absolute Gasteiger partial charge is 0.341 e. The lowest BCUT2D eigenvalue weighted by molar-refractivity contribution is -0.132. The van der Waals surface area contributed by atoms with E-state index in [1.165, 1.54) is 0 Å². The van der Waals surface area contributed by atoms with Crippen molar-refractivity contribution in [1.29, 1.82) is 0 Å². The second-order valence-electron chi connectivity index (χ2n) is 9.99. The van der Waals surface area contributed by atoms with Gasteiger partial charge in [0.2, 0.25) is 11.8 Å². The summed E-state index contributed by atoms with van der Waals surface area (Å²) >= 11 is 6.38. The van der Waals surface area contributed by atoms with Gasteiger partial charge in [-0.1, -0.05) is 63.6 Å². The predicted octanol–water partition coefficient (Wildman–Crippen LogP) is 5.35. The third-order valence-corrected chi connectivity index (χ3v) is 6.45. The molecule has 1 atom stereocenters. The maximum atomic E-state index is 13.5. The highest BCUT2D eigenvalue weighted by Crippen LogP contribution is 2.36. The number of rotatable bonds is 8. The second kappa shape index (κ2) is 10.2. The van der Waals surface area contributed by atoms with E-state index in [1.54, 1.807) is 11.0 Å². The predicted molar refractivity (Wildman–Crippen MR) is 137 cm³/mol. The molecule has 1 aliphatic heterocycles. The molecule has 1 aliphatic rings. The molecule has 180 valence electrons. The van der Waals surface area contributed by atoms with Gasteiger partial charge < -0.3 is 14.4 Å². The number of hydrogen-bond acceptors (Lipinski definition) is 3. The summed E-state index contributed by atoms with van der Waals surface area (Å²) in [6, 6.07) is 15.3. The molecule has 34 heavy (non-hydrogen) atoms. The third-order valence-electron chi connectivity index (χ3n) is 6.13. The highest BCUT2D eigenvalue weighted by molar-refractivity contribution is 6.33. The number of benzene rings is 2. The van der Waals surface area contributed by atoms with Crippen molar-refractivity contribution in [3.05, 3.63) is 59.4 Å². The Morgan fingerprint density at radius 1 is 1.06 bits per heavy atom. The van der Waals surface area contributed by atoms with Gasteiger partial charge in [-0.3, -0.25) is 9.59 Å². The van der Waals surface area contributed by atoms with Crippen LogP contribution >= 0.6 is 11.6 Å². The minimum Gasteiger partial charge on any atom is -0.341 e. The maximum Gasteiger partial charge on any atom is 0.242 e. The van der Waals surface area contributed by atoms with E-state index in [1.807, 2.05) is 51.9 Å². The van der Waals surface area contributed by atoms with Crippen molar-refractivity contribution in [1.82, 2.24) is 14.5 Å². The van der Waals surface area contributed by atoms with Crippen molar-refractivity contribution >= 4 is 40.1 Å². The fraction of sp³-hybridized carbons (Fsp3) is 0.444. The number of carbonyl (C=O) groups is 2. The molecule has 1 aromatic heterocycles. The van der Waals surface area contributed by atoms with Gasteiger partial charge in [0, 0.05) is 32.0 Å². The molecule has 0 radical (unpaired) electrons. The van der Waals surface area contributed by atoms with Gasteiger partial charge >= 0.3 is 0 Å². The summed E-state index contributed by atoms with van der Waals surface area (Å²) in [4.78, 5) is 35.0. The van der Waals surface area contributed by atoms with Crippen molar-refractivity contribution in [2.45, 2.75) is 46.6 Å². The minimum atomic E-state index is -0.118. The van der Waals surface area contributed by atoms with E-state index in [9.17, 15) is 9.59 Å². The molecule has 0 bridgehead atoms. The lowest BCUT2D eigenvalue weighted by atomic mass is 10.1. The van der Waals surface area contributed by atoms with Gasteiger partial charge in [0.25, 0.3) is 0 Å². The van der Waals surface area contributed by atoms with Crippen LogP contribution in [0, 0.1) is 11.8 Å². The molecular weight excluding hydrogens is 448 g/mol. The first-order valence-electron chi connectivity index (χ1n) is 12.0. The zero-order valence-corrected chi connectivity index (χ0v) is 21.1. The lowest BCUT2D eigenvalue weighted by Gasteiger charge is -2.27. The third kappa shape index (κ3) is 5.12. The van der Waals surface area contributed by atoms with E-state index in [4.69, 9.17) is 16.6 Å². The van der Waals surface area contributed by atoms with Crippen molar-refractivity contribution in [2.24, 2.45) is 11.8 Å². The Labute approximate surface area is 206 Å². The highest BCUT2D eigenvalue weighted by atomic mass is 35.5. The second-order valence-corrected chi connectivity index (χ2v) is 10.4.